The van der Waals surface area contributed by atoms with Gasteiger partial charge < -0.3 is 4.74 Å². The van der Waals surface area contributed by atoms with Crippen LogP contribution in [0.1, 0.15) is 23.6 Å². The lowest BCUT2D eigenvalue weighted by Crippen LogP contribution is -2.01. The number of rotatable bonds is 4. The van der Waals surface area contributed by atoms with E-state index in [9.17, 15) is 0 Å². The van der Waals surface area contributed by atoms with Gasteiger partial charge >= 0.3 is 5.43 Å². The van der Waals surface area contributed by atoms with Crippen molar-refractivity contribution in [3.05, 3.63) is 62.1 Å². The van der Waals surface area contributed by atoms with E-state index in [1.165, 1.54) is 20.5 Å². The minimum absolute atomic E-state index is 0.644. The molecular formula is C21H23O2S+. The second kappa shape index (κ2) is 7.18. The van der Waals surface area contributed by atoms with Gasteiger partial charge in [0.15, 0.2) is 0 Å². The molecule has 2 aromatic carbocycles. The van der Waals surface area contributed by atoms with E-state index in [2.05, 4.69) is 50.2 Å². The molecule has 0 unspecified atom stereocenters. The Hall–Kier alpha value is -2.13. The van der Waals surface area contributed by atoms with Gasteiger partial charge in [0.05, 0.1) is 12.7 Å². The van der Waals surface area contributed by atoms with Gasteiger partial charge in [-0.2, -0.15) is 0 Å². The van der Waals surface area contributed by atoms with Crippen LogP contribution >= 0.6 is 11.3 Å². The van der Waals surface area contributed by atoms with Crippen LogP contribution in [0.3, 0.4) is 0 Å². The molecule has 0 saturated carbocycles. The van der Waals surface area contributed by atoms with Crippen LogP contribution in [0.25, 0.3) is 21.9 Å². The van der Waals surface area contributed by atoms with Gasteiger partial charge in [0.1, 0.15) is 11.1 Å². The molecule has 124 valence electrons. The highest BCUT2D eigenvalue weighted by molar-refractivity contribution is 7.13. The summed E-state index contributed by atoms with van der Waals surface area (Å²) in [5.74, 6) is 0.930. The third kappa shape index (κ3) is 3.09. The standard InChI is InChI=1S/C21H23O2S/c1-5-22-18-12-17(16-10-8-7-9-11-16)13-19(23-6-2)21-15(4)24-14(3)20(18)21/h7-13H,5-6H2,1-4H3/q+1. The van der Waals surface area contributed by atoms with Crippen molar-refractivity contribution in [2.45, 2.75) is 27.7 Å². The van der Waals surface area contributed by atoms with Crippen molar-refractivity contribution >= 4 is 22.1 Å². The van der Waals surface area contributed by atoms with Gasteiger partial charge in [0.2, 0.25) is 0 Å². The summed E-state index contributed by atoms with van der Waals surface area (Å²) in [5.41, 5.74) is 3.21. The number of hydrogen-bond acceptors (Lipinski definition) is 2. The average molecular weight is 339 g/mol. The number of hydrogen-bond donors (Lipinski definition) is 0. The molecule has 0 N–H and O–H groups in total. The number of ether oxygens (including phenoxy) is 1. The van der Waals surface area contributed by atoms with E-state index in [1.54, 1.807) is 11.3 Å². The van der Waals surface area contributed by atoms with Gasteiger partial charge in [-0.05, 0) is 38.0 Å². The van der Waals surface area contributed by atoms with Crippen molar-refractivity contribution < 1.29 is 4.74 Å². The smallest absolute Gasteiger partial charge is 0.353 e. The van der Waals surface area contributed by atoms with Gasteiger partial charge in [-0.15, -0.1) is 11.3 Å². The van der Waals surface area contributed by atoms with Crippen LogP contribution in [-0.4, -0.2) is 13.2 Å². The summed E-state index contributed by atoms with van der Waals surface area (Å²) in [6.07, 6.45) is 0. The van der Waals surface area contributed by atoms with Crippen LogP contribution in [0.15, 0.2) is 46.9 Å². The lowest BCUT2D eigenvalue weighted by atomic mass is 10.1. The summed E-state index contributed by atoms with van der Waals surface area (Å²) in [4.78, 5) is 2.53. The van der Waals surface area contributed by atoms with Gasteiger partial charge in [-0.25, -0.2) is 0 Å². The minimum Gasteiger partial charge on any atom is -0.493 e. The van der Waals surface area contributed by atoms with Gasteiger partial charge in [-0.1, -0.05) is 30.3 Å². The summed E-state index contributed by atoms with van der Waals surface area (Å²) in [5, 5.41) is 2.34. The van der Waals surface area contributed by atoms with Crippen molar-refractivity contribution in [1.82, 2.24) is 0 Å². The normalized spacial score (nSPS) is 11.9. The Morgan fingerprint density at radius 1 is 0.917 bits per heavy atom. The summed E-state index contributed by atoms with van der Waals surface area (Å²) in [7, 11) is 0. The minimum atomic E-state index is 0.644. The fourth-order valence-electron chi connectivity index (χ4n) is 3.08. The highest BCUT2D eigenvalue weighted by Gasteiger charge is 2.18. The molecule has 0 saturated heterocycles. The predicted molar refractivity (Wildman–Crippen MR) is 105 cm³/mol. The summed E-state index contributed by atoms with van der Waals surface area (Å²) in [6, 6.07) is 14.7. The quantitative estimate of drug-likeness (QED) is 0.575. The van der Waals surface area contributed by atoms with Crippen molar-refractivity contribution in [3.8, 4) is 16.9 Å². The molecule has 3 heteroatoms. The van der Waals surface area contributed by atoms with E-state index in [4.69, 9.17) is 9.16 Å². The maximum Gasteiger partial charge on any atom is 0.353 e. The Balaban J connectivity index is 2.47. The zero-order chi connectivity index (χ0) is 17.1. The Kier molecular flexibility index (Phi) is 5.00. The fourth-order valence-corrected chi connectivity index (χ4v) is 4.15. The largest absolute Gasteiger partial charge is 0.493 e. The summed E-state index contributed by atoms with van der Waals surface area (Å²) >= 11 is 1.80. The first-order valence-corrected chi connectivity index (χ1v) is 9.19. The van der Waals surface area contributed by atoms with Crippen LogP contribution in [0, 0.1) is 13.8 Å². The Bertz CT molecular complexity index is 924. The molecular weight excluding hydrogens is 316 g/mol. The second-order valence-electron chi connectivity index (χ2n) is 5.67. The predicted octanol–water partition coefficient (Wildman–Crippen LogP) is 5.50. The van der Waals surface area contributed by atoms with Crippen LogP contribution in [0.4, 0.5) is 0 Å². The Morgan fingerprint density at radius 2 is 1.62 bits per heavy atom. The third-order valence-corrected chi connectivity index (χ3v) is 5.05. The van der Waals surface area contributed by atoms with Crippen molar-refractivity contribution in [3.63, 3.8) is 0 Å². The zero-order valence-corrected chi connectivity index (χ0v) is 15.5. The fraction of sp³-hybridized carbons (Fsp3) is 0.286. The molecule has 3 rings (SSSR count). The van der Waals surface area contributed by atoms with Gasteiger partial charge in [-0.3, -0.25) is 4.42 Å². The van der Waals surface area contributed by atoms with Crippen LogP contribution in [0.2, 0.25) is 0 Å². The van der Waals surface area contributed by atoms with E-state index < -0.39 is 0 Å². The topological polar surface area (TPSA) is 20.5 Å². The van der Waals surface area contributed by atoms with E-state index in [0.29, 0.717) is 13.2 Å². The number of fused-ring (bicyclic) bond motifs is 1. The Labute approximate surface area is 147 Å². The molecule has 1 heterocycles. The number of aryl methyl sites for hydroxylation is 2. The van der Waals surface area contributed by atoms with Crippen LogP contribution in [-0.2, 0) is 0 Å². The molecule has 0 aliphatic carbocycles. The second-order valence-corrected chi connectivity index (χ2v) is 7.10. The van der Waals surface area contributed by atoms with Gasteiger partial charge in [0.25, 0.3) is 6.61 Å². The Morgan fingerprint density at radius 3 is 2.29 bits per heavy atom. The highest BCUT2D eigenvalue weighted by Crippen LogP contribution is 2.36. The maximum absolute atomic E-state index is 6.02. The molecule has 0 amide bonds. The first-order chi connectivity index (χ1) is 11.7. The van der Waals surface area contributed by atoms with Gasteiger partial charge in [0, 0.05) is 22.1 Å². The first-order valence-electron chi connectivity index (χ1n) is 8.37. The average Bonchev–Trinajstić information content (AvgIpc) is 2.77. The molecule has 0 bridgehead atoms. The molecule has 0 radical (unpaired) electrons. The third-order valence-electron chi connectivity index (χ3n) is 4.03. The lowest BCUT2D eigenvalue weighted by molar-refractivity contribution is 0.344. The molecule has 0 atom stereocenters. The van der Waals surface area contributed by atoms with Crippen LogP contribution in [0.5, 0.6) is 5.75 Å². The maximum atomic E-state index is 6.02. The zero-order valence-electron chi connectivity index (χ0n) is 14.7. The highest BCUT2D eigenvalue weighted by atomic mass is 32.1. The molecule has 1 aromatic heterocycles. The van der Waals surface area contributed by atoms with Crippen molar-refractivity contribution in [1.29, 1.82) is 0 Å². The molecule has 0 aliphatic heterocycles. The lowest BCUT2D eigenvalue weighted by Gasteiger charge is -2.04. The SMILES string of the molecule is CCOc1cc(-c2ccccc2)cc(=[O+]CC)c2c(C)sc(C)c12. The monoisotopic (exact) mass is 339 g/mol. The molecule has 2 nitrogen and oxygen atoms in total. The van der Waals surface area contributed by atoms with Crippen molar-refractivity contribution in [2.75, 3.05) is 13.2 Å². The van der Waals surface area contributed by atoms with E-state index in [0.717, 1.165) is 22.3 Å². The number of benzene rings is 1. The molecule has 0 fully saturated rings. The summed E-state index contributed by atoms with van der Waals surface area (Å²) < 4.78 is 12.0. The molecule has 0 aliphatic rings. The first kappa shape index (κ1) is 16.7. The van der Waals surface area contributed by atoms with E-state index in [1.807, 2.05) is 19.9 Å². The molecule has 24 heavy (non-hydrogen) atoms. The molecule has 3 aromatic rings. The molecule has 0 spiro atoms. The number of thiophene rings is 1. The summed E-state index contributed by atoms with van der Waals surface area (Å²) in [6.45, 7) is 9.65. The van der Waals surface area contributed by atoms with E-state index >= 15 is 0 Å². The van der Waals surface area contributed by atoms with E-state index in [-0.39, 0.29) is 0 Å². The van der Waals surface area contributed by atoms with Crippen molar-refractivity contribution in [2.24, 2.45) is 0 Å². The van der Waals surface area contributed by atoms with Crippen LogP contribution < -0.4 is 10.2 Å².